The Morgan fingerprint density at radius 2 is 2.19 bits per heavy atom. The van der Waals surface area contributed by atoms with Gasteiger partial charge in [-0.05, 0) is 11.8 Å². The van der Waals surface area contributed by atoms with Crippen molar-refractivity contribution in [2.24, 2.45) is 0 Å². The van der Waals surface area contributed by atoms with Gasteiger partial charge >= 0.3 is 0 Å². The minimum atomic E-state index is -2.87. The van der Waals surface area contributed by atoms with E-state index in [1.165, 1.54) is 7.11 Å². The van der Waals surface area contributed by atoms with E-state index in [9.17, 15) is 10.00 Å². The fourth-order valence-corrected chi connectivity index (χ4v) is 2.55. The highest BCUT2D eigenvalue weighted by atomic mass is 32.5. The fourth-order valence-electron chi connectivity index (χ4n) is 1.46. The van der Waals surface area contributed by atoms with Gasteiger partial charge in [0.25, 0.3) is 0 Å². The van der Waals surface area contributed by atoms with Crippen LogP contribution in [0.15, 0.2) is 0 Å². The van der Waals surface area contributed by atoms with Crippen LogP contribution in [0.2, 0.25) is 0 Å². The molecule has 0 aromatic carbocycles. The number of rotatable bonds is 5. The van der Waals surface area contributed by atoms with Gasteiger partial charge < -0.3 is 24.0 Å². The van der Waals surface area contributed by atoms with Crippen molar-refractivity contribution in [3.8, 4) is 0 Å². The standard InChI is InChI=1S/C8H16BO5PS/c1-3-15(11,16)14-7-5(4-12-2)13-8(9)6(7)10/h5-8,10H,3-4H2,1-2H3,(H,11,16)/t5-,6+,7?,8-,15?/m1/s1. The lowest BCUT2D eigenvalue weighted by Gasteiger charge is -2.25. The molecule has 2 radical (unpaired) electrons. The molecular weight excluding hydrogens is 250 g/mol. The maximum Gasteiger partial charge on any atom is 0.186 e. The normalized spacial score (nSPS) is 38.5. The molecule has 0 amide bonds. The van der Waals surface area contributed by atoms with Gasteiger partial charge in [0.2, 0.25) is 0 Å². The van der Waals surface area contributed by atoms with Gasteiger partial charge in [0, 0.05) is 19.3 Å². The van der Waals surface area contributed by atoms with Gasteiger partial charge in [0.15, 0.2) is 6.49 Å². The van der Waals surface area contributed by atoms with Crippen molar-refractivity contribution in [2.45, 2.75) is 31.2 Å². The Morgan fingerprint density at radius 3 is 2.69 bits per heavy atom. The average molecular weight is 266 g/mol. The molecule has 0 aromatic heterocycles. The number of hydrogen-bond donors (Lipinski definition) is 2. The topological polar surface area (TPSA) is 68.2 Å². The van der Waals surface area contributed by atoms with Gasteiger partial charge in [-0.2, -0.15) is 0 Å². The molecule has 0 aromatic rings. The molecule has 2 N–H and O–H groups in total. The molecule has 1 aliphatic rings. The highest BCUT2D eigenvalue weighted by Gasteiger charge is 2.43. The molecule has 5 atom stereocenters. The smallest absolute Gasteiger partial charge is 0.186 e. The van der Waals surface area contributed by atoms with Gasteiger partial charge in [-0.15, -0.1) is 0 Å². The van der Waals surface area contributed by atoms with E-state index in [-0.39, 0.29) is 6.61 Å². The van der Waals surface area contributed by atoms with Crippen LogP contribution in [0.5, 0.6) is 0 Å². The van der Waals surface area contributed by atoms with Gasteiger partial charge in [0.05, 0.1) is 6.61 Å². The molecule has 5 nitrogen and oxygen atoms in total. The van der Waals surface area contributed by atoms with Gasteiger partial charge in [0.1, 0.15) is 26.2 Å². The van der Waals surface area contributed by atoms with Crippen molar-refractivity contribution < 1.29 is 24.0 Å². The van der Waals surface area contributed by atoms with Crippen molar-refractivity contribution in [2.75, 3.05) is 19.9 Å². The minimum Gasteiger partial charge on any atom is -0.388 e. The summed E-state index contributed by atoms with van der Waals surface area (Å²) in [6.07, 6.45) is -1.90. The minimum absolute atomic E-state index is 0.231. The van der Waals surface area contributed by atoms with E-state index in [2.05, 4.69) is 0 Å². The van der Waals surface area contributed by atoms with Crippen molar-refractivity contribution in [1.82, 2.24) is 0 Å². The molecule has 1 rings (SSSR count). The quantitative estimate of drug-likeness (QED) is 0.521. The lowest BCUT2D eigenvalue weighted by molar-refractivity contribution is -0.0116. The maximum absolute atomic E-state index is 9.74. The first-order valence-corrected chi connectivity index (χ1v) is 7.85. The maximum atomic E-state index is 9.74. The highest BCUT2D eigenvalue weighted by molar-refractivity contribution is 8.09. The van der Waals surface area contributed by atoms with Crippen molar-refractivity contribution >= 4 is 26.1 Å². The molecule has 16 heavy (non-hydrogen) atoms. The zero-order valence-corrected chi connectivity index (χ0v) is 11.0. The SMILES string of the molecule is [B][C@@H]1O[C@H](COC)C(OP(O)(=S)CC)[C@@H]1O. The number of aliphatic hydroxyl groups excluding tert-OH is 1. The Hall–Kier alpha value is 0.515. The Bertz CT molecular complexity index is 279. The molecule has 8 heteroatoms. The van der Waals surface area contributed by atoms with Gasteiger partial charge in [-0.3, -0.25) is 0 Å². The van der Waals surface area contributed by atoms with Gasteiger partial charge in [-0.1, -0.05) is 6.92 Å². The highest BCUT2D eigenvalue weighted by Crippen LogP contribution is 2.45. The Balaban J connectivity index is 2.70. The van der Waals surface area contributed by atoms with Crippen LogP contribution in [0.3, 0.4) is 0 Å². The van der Waals surface area contributed by atoms with Crippen LogP contribution in [0, 0.1) is 0 Å². The zero-order chi connectivity index (χ0) is 12.3. The van der Waals surface area contributed by atoms with Crippen LogP contribution in [0.4, 0.5) is 0 Å². The Kier molecular flexibility index (Phi) is 5.39. The van der Waals surface area contributed by atoms with Crippen LogP contribution >= 0.6 is 6.49 Å². The first-order valence-electron chi connectivity index (χ1n) is 4.99. The van der Waals surface area contributed by atoms with E-state index < -0.39 is 30.8 Å². The van der Waals surface area contributed by atoms with Crippen LogP contribution in [-0.2, 0) is 25.8 Å². The monoisotopic (exact) mass is 266 g/mol. The van der Waals surface area contributed by atoms with Crippen molar-refractivity contribution in [1.29, 1.82) is 0 Å². The van der Waals surface area contributed by atoms with E-state index in [0.29, 0.717) is 6.16 Å². The van der Waals surface area contributed by atoms with Crippen LogP contribution in [-0.4, -0.2) is 62.0 Å². The van der Waals surface area contributed by atoms with E-state index in [0.717, 1.165) is 0 Å². The summed E-state index contributed by atoms with van der Waals surface area (Å²) in [4.78, 5) is 9.73. The number of hydrogen-bond acceptors (Lipinski definition) is 5. The third-order valence-corrected chi connectivity index (χ3v) is 4.79. The second kappa shape index (κ2) is 5.91. The summed E-state index contributed by atoms with van der Waals surface area (Å²) < 4.78 is 15.5. The third kappa shape index (κ3) is 3.50. The van der Waals surface area contributed by atoms with Crippen molar-refractivity contribution in [3.63, 3.8) is 0 Å². The van der Waals surface area contributed by atoms with Crippen molar-refractivity contribution in [3.05, 3.63) is 0 Å². The molecule has 2 unspecified atom stereocenters. The third-order valence-electron chi connectivity index (χ3n) is 2.39. The molecule has 1 heterocycles. The van der Waals surface area contributed by atoms with Crippen LogP contribution < -0.4 is 0 Å². The van der Waals surface area contributed by atoms with E-state index in [1.807, 2.05) is 0 Å². The molecule has 1 saturated heterocycles. The average Bonchev–Trinajstić information content (AvgIpc) is 2.47. The predicted molar refractivity (Wildman–Crippen MR) is 64.2 cm³/mol. The molecule has 0 saturated carbocycles. The van der Waals surface area contributed by atoms with E-state index in [1.54, 1.807) is 6.92 Å². The van der Waals surface area contributed by atoms with E-state index >= 15 is 0 Å². The summed E-state index contributed by atoms with van der Waals surface area (Å²) in [5.41, 5.74) is 0. The molecule has 0 aliphatic carbocycles. The molecule has 92 valence electrons. The summed E-state index contributed by atoms with van der Waals surface area (Å²) in [5, 5.41) is 9.74. The summed E-state index contributed by atoms with van der Waals surface area (Å²) in [5.74, 6) is 0. The molecular formula is C8H16BO5PS. The number of ether oxygens (including phenoxy) is 2. The lowest BCUT2D eigenvalue weighted by atomic mass is 9.93. The Labute approximate surface area is 102 Å². The Morgan fingerprint density at radius 1 is 1.56 bits per heavy atom. The second-order valence-corrected chi connectivity index (χ2v) is 7.44. The molecule has 1 fully saturated rings. The summed E-state index contributed by atoms with van der Waals surface area (Å²) in [6, 6.07) is -0.836. The molecule has 0 spiro atoms. The molecule has 1 aliphatic heterocycles. The van der Waals surface area contributed by atoms with E-state index in [4.69, 9.17) is 33.7 Å². The van der Waals surface area contributed by atoms with Crippen LogP contribution in [0.25, 0.3) is 0 Å². The first kappa shape index (κ1) is 14.6. The second-order valence-electron chi connectivity index (χ2n) is 3.61. The number of methoxy groups -OCH3 is 1. The van der Waals surface area contributed by atoms with Gasteiger partial charge in [-0.25, -0.2) is 0 Å². The summed E-state index contributed by atoms with van der Waals surface area (Å²) >= 11 is 4.91. The first-order chi connectivity index (χ1) is 7.41. The molecule has 0 bridgehead atoms. The predicted octanol–water partition coefficient (Wildman–Crippen LogP) is -0.406. The van der Waals surface area contributed by atoms with Crippen LogP contribution in [0.1, 0.15) is 6.92 Å². The largest absolute Gasteiger partial charge is 0.388 e. The number of aliphatic hydroxyl groups is 1. The summed E-state index contributed by atoms with van der Waals surface area (Å²) in [6.45, 7) is -0.904. The fraction of sp³-hybridized carbons (Fsp3) is 1.00. The summed E-state index contributed by atoms with van der Waals surface area (Å²) in [7, 11) is 7.04. The lowest BCUT2D eigenvalue weighted by Crippen LogP contribution is -2.36. The zero-order valence-electron chi connectivity index (χ0n) is 9.28.